The molecule has 1 aromatic carbocycles. The van der Waals surface area contributed by atoms with Gasteiger partial charge in [-0.15, -0.1) is 0 Å². The Bertz CT molecular complexity index is 704. The summed E-state index contributed by atoms with van der Waals surface area (Å²) in [5, 5.41) is 3.19. The van der Waals surface area contributed by atoms with Gasteiger partial charge in [-0.3, -0.25) is 14.6 Å². The molecule has 2 amide bonds. The van der Waals surface area contributed by atoms with E-state index in [4.69, 9.17) is 4.74 Å². The van der Waals surface area contributed by atoms with Gasteiger partial charge in [-0.2, -0.15) is 0 Å². The second kappa shape index (κ2) is 9.28. The second-order valence-corrected chi connectivity index (χ2v) is 6.72. The predicted octanol–water partition coefficient (Wildman–Crippen LogP) is 2.17. The van der Waals surface area contributed by atoms with Crippen molar-refractivity contribution in [2.75, 3.05) is 26.8 Å². The number of hydrogen-bond donors (Lipinski definition) is 1. The van der Waals surface area contributed by atoms with Crippen LogP contribution in [0.15, 0.2) is 54.9 Å². The summed E-state index contributed by atoms with van der Waals surface area (Å²) in [5.74, 6) is -0.0838. The normalized spacial score (nSPS) is 16.0. The lowest BCUT2D eigenvalue weighted by Gasteiger charge is -2.32. The van der Waals surface area contributed by atoms with Gasteiger partial charge in [0.1, 0.15) is 6.61 Å². The van der Waals surface area contributed by atoms with E-state index < -0.39 is 0 Å². The molecule has 142 valence electrons. The Balaban J connectivity index is 1.66. The average Bonchev–Trinajstić information content (AvgIpc) is 2.73. The molecule has 0 saturated carbocycles. The molecule has 3 rings (SSSR count). The molecule has 2 aromatic rings. The monoisotopic (exact) mass is 367 g/mol. The van der Waals surface area contributed by atoms with Gasteiger partial charge in [0.15, 0.2) is 0 Å². The highest BCUT2D eigenvalue weighted by molar-refractivity contribution is 5.81. The van der Waals surface area contributed by atoms with Gasteiger partial charge in [0.25, 0.3) is 0 Å². The second-order valence-electron chi connectivity index (χ2n) is 6.72. The van der Waals surface area contributed by atoms with Gasteiger partial charge in [-0.25, -0.2) is 0 Å². The van der Waals surface area contributed by atoms with Crippen molar-refractivity contribution in [1.29, 1.82) is 0 Å². The first-order chi connectivity index (χ1) is 13.2. The highest BCUT2D eigenvalue weighted by Crippen LogP contribution is 2.24. The summed E-state index contributed by atoms with van der Waals surface area (Å²) in [6.45, 7) is 1.27. The lowest BCUT2D eigenvalue weighted by Crippen LogP contribution is -2.44. The number of carbonyl (C=O) groups excluding carboxylic acids is 2. The van der Waals surface area contributed by atoms with Crippen molar-refractivity contribution >= 4 is 11.8 Å². The summed E-state index contributed by atoms with van der Waals surface area (Å²) in [6.07, 6.45) is 4.80. The molecule has 0 radical (unpaired) electrons. The molecule has 1 atom stereocenters. The number of likely N-dealkylation sites (tertiary alicyclic amines) is 1. The number of carbonyl (C=O) groups is 2. The first kappa shape index (κ1) is 19.0. The topological polar surface area (TPSA) is 71.5 Å². The van der Waals surface area contributed by atoms with Crippen LogP contribution in [0.25, 0.3) is 0 Å². The number of pyridine rings is 1. The van der Waals surface area contributed by atoms with Crippen molar-refractivity contribution in [1.82, 2.24) is 15.2 Å². The zero-order valence-electron chi connectivity index (χ0n) is 15.5. The number of hydrogen-bond acceptors (Lipinski definition) is 4. The highest BCUT2D eigenvalue weighted by Gasteiger charge is 2.29. The van der Waals surface area contributed by atoms with Gasteiger partial charge < -0.3 is 15.0 Å². The number of aromatic nitrogens is 1. The van der Waals surface area contributed by atoms with Gasteiger partial charge in [-0.05, 0) is 36.1 Å². The van der Waals surface area contributed by atoms with E-state index in [9.17, 15) is 9.59 Å². The average molecular weight is 367 g/mol. The summed E-state index contributed by atoms with van der Waals surface area (Å²) in [5.41, 5.74) is 2.03. The van der Waals surface area contributed by atoms with Crippen LogP contribution in [0.1, 0.15) is 30.0 Å². The molecule has 1 saturated heterocycles. The summed E-state index contributed by atoms with van der Waals surface area (Å²) < 4.78 is 4.91. The number of rotatable bonds is 6. The fourth-order valence-corrected chi connectivity index (χ4v) is 3.43. The zero-order valence-corrected chi connectivity index (χ0v) is 15.5. The van der Waals surface area contributed by atoms with Crippen molar-refractivity contribution in [2.45, 2.75) is 18.9 Å². The first-order valence-electron chi connectivity index (χ1n) is 9.21. The Hall–Kier alpha value is -2.73. The van der Waals surface area contributed by atoms with Gasteiger partial charge >= 0.3 is 0 Å². The zero-order chi connectivity index (χ0) is 19.1. The number of piperidine rings is 1. The van der Waals surface area contributed by atoms with E-state index in [1.165, 1.54) is 7.11 Å². The molecule has 27 heavy (non-hydrogen) atoms. The van der Waals surface area contributed by atoms with Crippen molar-refractivity contribution in [3.8, 4) is 0 Å². The predicted molar refractivity (Wildman–Crippen MR) is 102 cm³/mol. The van der Waals surface area contributed by atoms with E-state index in [0.29, 0.717) is 25.9 Å². The van der Waals surface area contributed by atoms with Gasteiger partial charge in [-0.1, -0.05) is 30.3 Å². The third-order valence-corrected chi connectivity index (χ3v) is 4.95. The quantitative estimate of drug-likeness (QED) is 0.849. The molecule has 1 aliphatic heterocycles. The molecule has 0 spiro atoms. The van der Waals surface area contributed by atoms with Crippen LogP contribution in [-0.4, -0.2) is 48.5 Å². The molecule has 6 nitrogen and oxygen atoms in total. The maximum atomic E-state index is 12.9. The lowest BCUT2D eigenvalue weighted by molar-refractivity contribution is -0.138. The molecule has 6 heteroatoms. The van der Waals surface area contributed by atoms with Crippen LogP contribution >= 0.6 is 0 Å². The van der Waals surface area contributed by atoms with Crippen molar-refractivity contribution in [3.63, 3.8) is 0 Å². The number of amides is 2. The van der Waals surface area contributed by atoms with E-state index in [1.54, 1.807) is 17.3 Å². The Morgan fingerprint density at radius 3 is 2.37 bits per heavy atom. The van der Waals surface area contributed by atoms with E-state index in [1.807, 2.05) is 42.5 Å². The van der Waals surface area contributed by atoms with Crippen LogP contribution in [0.4, 0.5) is 0 Å². The Labute approximate surface area is 159 Å². The maximum Gasteiger partial charge on any atom is 0.248 e. The van der Waals surface area contributed by atoms with Crippen molar-refractivity contribution in [2.24, 2.45) is 5.92 Å². The van der Waals surface area contributed by atoms with E-state index in [-0.39, 0.29) is 30.4 Å². The third-order valence-electron chi connectivity index (χ3n) is 4.95. The van der Waals surface area contributed by atoms with Crippen LogP contribution in [0, 0.1) is 5.92 Å². The maximum absolute atomic E-state index is 12.9. The third kappa shape index (κ3) is 4.92. The van der Waals surface area contributed by atoms with E-state index >= 15 is 0 Å². The molecule has 1 aromatic heterocycles. The number of nitrogens with one attached hydrogen (secondary N) is 1. The van der Waals surface area contributed by atoms with Gasteiger partial charge in [0.05, 0.1) is 6.04 Å². The summed E-state index contributed by atoms with van der Waals surface area (Å²) in [7, 11) is 1.51. The number of nitrogens with zero attached hydrogens (tertiary/aromatic N) is 2. The van der Waals surface area contributed by atoms with Crippen LogP contribution in [-0.2, 0) is 14.3 Å². The number of methoxy groups -OCH3 is 1. The molecule has 0 unspecified atom stereocenters. The van der Waals surface area contributed by atoms with Crippen LogP contribution in [0.5, 0.6) is 0 Å². The van der Waals surface area contributed by atoms with E-state index in [0.717, 1.165) is 11.1 Å². The van der Waals surface area contributed by atoms with Crippen molar-refractivity contribution < 1.29 is 14.3 Å². The SMILES string of the molecule is COCC(=O)N1CCC(C(=O)N[C@@H](c2ccccc2)c2ccncc2)CC1. The minimum atomic E-state index is -0.213. The molecule has 1 aliphatic rings. The molecule has 0 aliphatic carbocycles. The number of ether oxygens (including phenoxy) is 1. The van der Waals surface area contributed by atoms with Crippen LogP contribution in [0.2, 0.25) is 0 Å². The largest absolute Gasteiger partial charge is 0.375 e. The van der Waals surface area contributed by atoms with Crippen LogP contribution in [0.3, 0.4) is 0 Å². The smallest absolute Gasteiger partial charge is 0.248 e. The molecular formula is C21H25N3O3. The molecule has 1 N–H and O–H groups in total. The minimum absolute atomic E-state index is 0.0182. The fraction of sp³-hybridized carbons (Fsp3) is 0.381. The fourth-order valence-electron chi connectivity index (χ4n) is 3.43. The Morgan fingerprint density at radius 1 is 1.11 bits per heavy atom. The molecule has 1 fully saturated rings. The summed E-state index contributed by atoms with van der Waals surface area (Å²) >= 11 is 0. The van der Waals surface area contributed by atoms with Crippen LogP contribution < -0.4 is 5.32 Å². The summed E-state index contributed by atoms with van der Waals surface area (Å²) in [4.78, 5) is 30.7. The van der Waals surface area contributed by atoms with E-state index in [2.05, 4.69) is 10.3 Å². The molecule has 2 heterocycles. The summed E-state index contributed by atoms with van der Waals surface area (Å²) in [6, 6.07) is 13.5. The van der Waals surface area contributed by atoms with Gasteiger partial charge in [0.2, 0.25) is 11.8 Å². The Kier molecular flexibility index (Phi) is 6.54. The molecule has 0 bridgehead atoms. The highest BCUT2D eigenvalue weighted by atomic mass is 16.5. The lowest BCUT2D eigenvalue weighted by atomic mass is 9.93. The molecular weight excluding hydrogens is 342 g/mol. The first-order valence-corrected chi connectivity index (χ1v) is 9.21. The minimum Gasteiger partial charge on any atom is -0.375 e. The standard InChI is InChI=1S/C21H25N3O3/c1-27-15-19(25)24-13-9-18(10-14-24)21(26)23-20(16-5-3-2-4-6-16)17-7-11-22-12-8-17/h2-8,11-12,18,20H,9-10,13-15H2,1H3,(H,23,26)/t20-/m0/s1. The Morgan fingerprint density at radius 2 is 1.74 bits per heavy atom. The number of benzene rings is 1. The van der Waals surface area contributed by atoms with Gasteiger partial charge in [0, 0.05) is 38.5 Å². The van der Waals surface area contributed by atoms with Crippen molar-refractivity contribution in [3.05, 3.63) is 66.0 Å².